The Hall–Kier alpha value is -3.14. The van der Waals surface area contributed by atoms with E-state index in [-0.39, 0.29) is 0 Å². The third-order valence-electron chi connectivity index (χ3n) is 8.18. The lowest BCUT2D eigenvalue weighted by Gasteiger charge is -2.37. The number of halogens is 2. The number of hydrogen-bond donors (Lipinski definition) is 0. The number of rotatable bonds is 12. The zero-order chi connectivity index (χ0) is 31.4. The summed E-state index contributed by atoms with van der Waals surface area (Å²) in [6.07, 6.45) is 0.826. The highest BCUT2D eigenvalue weighted by Crippen LogP contribution is 2.35. The molecular formula is C35H39Br2N3O4. The van der Waals surface area contributed by atoms with Gasteiger partial charge in [-0.25, -0.2) is 0 Å². The van der Waals surface area contributed by atoms with Gasteiger partial charge in [-0.2, -0.15) is 9.97 Å². The number of aryl methyl sites for hydroxylation is 1. The average molecular weight is 726 g/mol. The average Bonchev–Trinajstić information content (AvgIpc) is 3.00. The van der Waals surface area contributed by atoms with Crippen molar-refractivity contribution < 1.29 is 18.9 Å². The van der Waals surface area contributed by atoms with Crippen LogP contribution in [0.5, 0.6) is 23.5 Å². The minimum absolute atomic E-state index is 0.383. The molecule has 1 saturated heterocycles. The van der Waals surface area contributed by atoms with E-state index >= 15 is 0 Å². The van der Waals surface area contributed by atoms with Crippen LogP contribution in [-0.2, 0) is 26.2 Å². The maximum absolute atomic E-state index is 6.25. The fraction of sp³-hybridized carbons (Fsp3) is 0.371. The lowest BCUT2D eigenvalue weighted by molar-refractivity contribution is 0.103. The van der Waals surface area contributed by atoms with Crippen molar-refractivity contribution in [1.29, 1.82) is 0 Å². The van der Waals surface area contributed by atoms with Gasteiger partial charge in [-0.05, 0) is 104 Å². The van der Waals surface area contributed by atoms with Crippen LogP contribution in [0.2, 0.25) is 0 Å². The number of likely N-dealkylation sites (tertiary alicyclic amines) is 1. The van der Waals surface area contributed by atoms with Gasteiger partial charge in [-0.3, -0.25) is 4.90 Å². The molecule has 0 atom stereocenters. The Morgan fingerprint density at radius 3 is 1.66 bits per heavy atom. The summed E-state index contributed by atoms with van der Waals surface area (Å²) in [7, 11) is 3.29. The molecule has 0 aliphatic carbocycles. The number of pyridine rings is 2. The van der Waals surface area contributed by atoms with Crippen molar-refractivity contribution in [2.75, 3.05) is 27.3 Å². The molecule has 0 N–H and O–H groups in total. The van der Waals surface area contributed by atoms with Crippen molar-refractivity contribution in [3.63, 3.8) is 0 Å². The van der Waals surface area contributed by atoms with Crippen LogP contribution in [0.1, 0.15) is 47.2 Å². The third kappa shape index (κ3) is 7.05. The van der Waals surface area contributed by atoms with E-state index in [4.69, 9.17) is 23.9 Å². The van der Waals surface area contributed by atoms with Gasteiger partial charge in [0, 0.05) is 30.8 Å². The van der Waals surface area contributed by atoms with E-state index in [0.29, 0.717) is 36.7 Å². The molecule has 3 heterocycles. The number of ether oxygens (including phenoxy) is 4. The molecule has 232 valence electrons. The third-order valence-corrected chi connectivity index (χ3v) is 9.31. The molecule has 4 aromatic rings. The Labute approximate surface area is 277 Å². The van der Waals surface area contributed by atoms with Crippen LogP contribution < -0.4 is 18.9 Å². The van der Waals surface area contributed by atoms with Gasteiger partial charge in [0.1, 0.15) is 13.2 Å². The lowest BCUT2D eigenvalue weighted by Crippen LogP contribution is -2.44. The maximum atomic E-state index is 6.25. The molecule has 1 aliphatic heterocycles. The Morgan fingerprint density at radius 1 is 0.727 bits per heavy atom. The Bertz CT molecular complexity index is 1640. The highest BCUT2D eigenvalue weighted by molar-refractivity contribution is 9.10. The van der Waals surface area contributed by atoms with Crippen molar-refractivity contribution >= 4 is 31.9 Å². The van der Waals surface area contributed by atoms with Gasteiger partial charge >= 0.3 is 0 Å². The zero-order valence-corrected chi connectivity index (χ0v) is 29.3. The van der Waals surface area contributed by atoms with Crippen LogP contribution in [-0.4, -0.2) is 42.2 Å². The van der Waals surface area contributed by atoms with E-state index in [1.165, 1.54) is 0 Å². The van der Waals surface area contributed by atoms with Gasteiger partial charge in [0.25, 0.3) is 0 Å². The van der Waals surface area contributed by atoms with Gasteiger partial charge in [-0.1, -0.05) is 50.2 Å². The quantitative estimate of drug-likeness (QED) is 0.145. The highest BCUT2D eigenvalue weighted by Gasteiger charge is 2.24. The maximum Gasteiger partial charge on any atom is 0.231 e. The van der Waals surface area contributed by atoms with Crippen LogP contribution in [0, 0.1) is 19.8 Å². The second-order valence-corrected chi connectivity index (χ2v) is 13.0. The summed E-state index contributed by atoms with van der Waals surface area (Å²) in [5, 5.41) is 0. The van der Waals surface area contributed by atoms with Crippen LogP contribution in [0.4, 0.5) is 0 Å². The fourth-order valence-corrected chi connectivity index (χ4v) is 6.62. The molecule has 0 spiro atoms. The predicted octanol–water partition coefficient (Wildman–Crippen LogP) is 8.47. The molecule has 5 rings (SSSR count). The SMILES string of the molecule is CCc1cc(Br)c(OCc2cccc(-c3cccc(COc4nc(OC)c(CN5CC(C)C5)cc4Br)c3C)c2C)nc1OC. The number of hydrogen-bond acceptors (Lipinski definition) is 7. The van der Waals surface area contributed by atoms with E-state index in [2.05, 4.69) is 112 Å². The zero-order valence-electron chi connectivity index (χ0n) is 26.2. The van der Waals surface area contributed by atoms with Gasteiger partial charge < -0.3 is 18.9 Å². The van der Waals surface area contributed by atoms with E-state index < -0.39 is 0 Å². The van der Waals surface area contributed by atoms with Crippen molar-refractivity contribution in [3.8, 4) is 34.6 Å². The molecule has 1 fully saturated rings. The molecule has 7 nitrogen and oxygen atoms in total. The summed E-state index contributed by atoms with van der Waals surface area (Å²) in [5.41, 5.74) is 8.88. The first-order valence-electron chi connectivity index (χ1n) is 14.8. The van der Waals surface area contributed by atoms with Crippen molar-refractivity contribution in [2.24, 2.45) is 5.92 Å². The first-order valence-corrected chi connectivity index (χ1v) is 16.4. The fourth-order valence-electron chi connectivity index (χ4n) is 5.66. The lowest BCUT2D eigenvalue weighted by atomic mass is 9.92. The summed E-state index contributed by atoms with van der Waals surface area (Å²) >= 11 is 7.28. The van der Waals surface area contributed by atoms with Crippen LogP contribution in [0.3, 0.4) is 0 Å². The van der Waals surface area contributed by atoms with E-state index in [1.807, 2.05) is 6.07 Å². The minimum Gasteiger partial charge on any atom is -0.481 e. The second-order valence-electron chi connectivity index (χ2n) is 11.3. The first-order chi connectivity index (χ1) is 21.2. The molecular weight excluding hydrogens is 686 g/mol. The van der Waals surface area contributed by atoms with Gasteiger partial charge in [-0.15, -0.1) is 0 Å². The Balaban J connectivity index is 1.32. The van der Waals surface area contributed by atoms with Gasteiger partial charge in [0.2, 0.25) is 23.5 Å². The minimum atomic E-state index is 0.383. The number of aromatic nitrogens is 2. The standard InChI is InChI=1S/C35H39Br2N3O4/c1-7-24-14-30(36)34(38-32(24)41-5)43-19-25-10-8-12-28(22(25)3)29-13-9-11-26(23(29)4)20-44-35-31(37)15-27(33(39-35)42-6)18-40-16-21(2)17-40/h8-15,21H,7,16-20H2,1-6H3. The molecule has 9 heteroatoms. The molecule has 0 radical (unpaired) electrons. The first kappa shape index (κ1) is 32.3. The highest BCUT2D eigenvalue weighted by atomic mass is 79.9. The topological polar surface area (TPSA) is 65.9 Å². The number of methoxy groups -OCH3 is 2. The summed E-state index contributed by atoms with van der Waals surface area (Å²) in [6.45, 7) is 12.4. The van der Waals surface area contributed by atoms with Crippen molar-refractivity contribution in [2.45, 2.75) is 53.9 Å². The molecule has 2 aromatic carbocycles. The predicted molar refractivity (Wildman–Crippen MR) is 181 cm³/mol. The summed E-state index contributed by atoms with van der Waals surface area (Å²) in [6, 6.07) is 16.7. The number of benzene rings is 2. The van der Waals surface area contributed by atoms with Crippen molar-refractivity contribution in [1.82, 2.24) is 14.9 Å². The molecule has 0 saturated carbocycles. The molecule has 0 unspecified atom stereocenters. The summed E-state index contributed by atoms with van der Waals surface area (Å²) in [4.78, 5) is 11.7. The Kier molecular flexibility index (Phi) is 10.5. The molecule has 1 aliphatic rings. The normalized spacial score (nSPS) is 13.5. The van der Waals surface area contributed by atoms with Gasteiger partial charge in [0.05, 0.1) is 23.2 Å². The molecule has 44 heavy (non-hydrogen) atoms. The Morgan fingerprint density at radius 2 is 1.20 bits per heavy atom. The molecule has 0 amide bonds. The van der Waals surface area contributed by atoms with Crippen LogP contribution in [0.15, 0.2) is 57.5 Å². The summed E-state index contributed by atoms with van der Waals surface area (Å²) in [5.74, 6) is 2.96. The summed E-state index contributed by atoms with van der Waals surface area (Å²) < 4.78 is 25.1. The second kappa shape index (κ2) is 14.3. The monoisotopic (exact) mass is 723 g/mol. The molecule has 0 bridgehead atoms. The number of nitrogens with zero attached hydrogens (tertiary/aromatic N) is 3. The molecule has 2 aromatic heterocycles. The van der Waals surface area contributed by atoms with E-state index in [1.54, 1.807) is 14.2 Å². The van der Waals surface area contributed by atoms with E-state index in [0.717, 1.165) is 85.4 Å². The van der Waals surface area contributed by atoms with Gasteiger partial charge in [0.15, 0.2) is 0 Å². The van der Waals surface area contributed by atoms with Crippen LogP contribution >= 0.6 is 31.9 Å². The largest absolute Gasteiger partial charge is 0.481 e. The van der Waals surface area contributed by atoms with Crippen molar-refractivity contribution in [3.05, 3.63) is 90.9 Å². The smallest absolute Gasteiger partial charge is 0.231 e. The van der Waals surface area contributed by atoms with E-state index in [9.17, 15) is 0 Å². The van der Waals surface area contributed by atoms with Crippen LogP contribution in [0.25, 0.3) is 11.1 Å².